The first-order valence-electron chi connectivity index (χ1n) is 11.0. The van der Waals surface area contributed by atoms with Crippen LogP contribution in [0.2, 0.25) is 0 Å². The number of likely N-dealkylation sites (tertiary alicyclic amines) is 1. The van der Waals surface area contributed by atoms with Crippen LogP contribution in [0.3, 0.4) is 0 Å². The fourth-order valence-corrected chi connectivity index (χ4v) is 3.69. The Morgan fingerprint density at radius 3 is 2.30 bits per heavy atom. The maximum atomic E-state index is 13.0. The molecule has 1 aromatic rings. The van der Waals surface area contributed by atoms with Crippen molar-refractivity contribution in [2.24, 2.45) is 11.7 Å². The van der Waals surface area contributed by atoms with Crippen molar-refractivity contribution >= 4 is 29.5 Å². The van der Waals surface area contributed by atoms with Gasteiger partial charge in [-0.2, -0.15) is 0 Å². The number of rotatable bonds is 13. The largest absolute Gasteiger partial charge is 0.481 e. The van der Waals surface area contributed by atoms with E-state index in [4.69, 9.17) is 10.8 Å². The number of hydrogen-bond acceptors (Lipinski definition) is 6. The van der Waals surface area contributed by atoms with E-state index in [0.717, 1.165) is 5.56 Å². The van der Waals surface area contributed by atoms with Gasteiger partial charge in [-0.3, -0.25) is 24.0 Å². The van der Waals surface area contributed by atoms with E-state index in [1.165, 1.54) is 11.8 Å². The van der Waals surface area contributed by atoms with Crippen molar-refractivity contribution in [3.05, 3.63) is 35.9 Å². The topological polar surface area (TPSA) is 167 Å². The molecule has 0 saturated carbocycles. The van der Waals surface area contributed by atoms with Crippen LogP contribution >= 0.6 is 0 Å². The lowest BCUT2D eigenvalue weighted by atomic mass is 9.88. The molecule has 4 atom stereocenters. The van der Waals surface area contributed by atoms with Gasteiger partial charge in [-0.15, -0.1) is 0 Å². The molecule has 10 heteroatoms. The molecule has 0 aromatic heterocycles. The van der Waals surface area contributed by atoms with Crippen molar-refractivity contribution in [2.75, 3.05) is 6.54 Å². The highest BCUT2D eigenvalue weighted by molar-refractivity contribution is 5.95. The highest BCUT2D eigenvalue weighted by atomic mass is 16.4. The van der Waals surface area contributed by atoms with Gasteiger partial charge in [0.05, 0.1) is 18.0 Å². The van der Waals surface area contributed by atoms with E-state index in [2.05, 4.69) is 5.32 Å². The highest BCUT2D eigenvalue weighted by Crippen LogP contribution is 2.25. The van der Waals surface area contributed by atoms with Gasteiger partial charge in [0.2, 0.25) is 11.8 Å². The average molecular weight is 462 g/mol. The number of amides is 2. The normalized spacial score (nSPS) is 17.9. The quantitative estimate of drug-likeness (QED) is 0.331. The Morgan fingerprint density at radius 2 is 1.79 bits per heavy atom. The summed E-state index contributed by atoms with van der Waals surface area (Å²) in [5.74, 6) is -4.59. The number of aliphatic carboxylic acids is 2. The number of benzene rings is 1. The second-order valence-corrected chi connectivity index (χ2v) is 8.35. The van der Waals surface area contributed by atoms with E-state index in [1.54, 1.807) is 0 Å². The summed E-state index contributed by atoms with van der Waals surface area (Å²) in [6.07, 6.45) is 0.503. The molecule has 0 bridgehead atoms. The highest BCUT2D eigenvalue weighted by Gasteiger charge is 2.41. The molecular weight excluding hydrogens is 430 g/mol. The molecule has 33 heavy (non-hydrogen) atoms. The lowest BCUT2D eigenvalue weighted by Crippen LogP contribution is -2.61. The van der Waals surface area contributed by atoms with E-state index in [1.807, 2.05) is 30.3 Å². The average Bonchev–Trinajstić information content (AvgIpc) is 2.73. The molecule has 1 saturated heterocycles. The van der Waals surface area contributed by atoms with Crippen LogP contribution in [0, 0.1) is 5.92 Å². The first-order valence-corrected chi connectivity index (χ1v) is 11.0. The van der Waals surface area contributed by atoms with Crippen molar-refractivity contribution in [2.45, 2.75) is 63.6 Å². The number of Topliss-reactive ketones (excluding diaryl/α,β-unsaturated/α-hetero) is 1. The van der Waals surface area contributed by atoms with E-state index >= 15 is 0 Å². The molecule has 180 valence electrons. The monoisotopic (exact) mass is 461 g/mol. The van der Waals surface area contributed by atoms with E-state index < -0.39 is 47.8 Å². The zero-order valence-electron chi connectivity index (χ0n) is 18.6. The Kier molecular flexibility index (Phi) is 9.53. The zero-order chi connectivity index (χ0) is 24.5. The van der Waals surface area contributed by atoms with Crippen LogP contribution in [-0.4, -0.2) is 69.3 Å². The third kappa shape index (κ3) is 7.67. The van der Waals surface area contributed by atoms with Gasteiger partial charge in [-0.1, -0.05) is 30.3 Å². The number of nitrogens with two attached hydrogens (primary N) is 1. The zero-order valence-corrected chi connectivity index (χ0v) is 18.6. The van der Waals surface area contributed by atoms with Crippen molar-refractivity contribution in [3.8, 4) is 0 Å². The summed E-state index contributed by atoms with van der Waals surface area (Å²) in [7, 11) is 0. The number of carbonyl (C=O) groups excluding carboxylic acids is 3. The number of hydrogen-bond donors (Lipinski definition) is 4. The summed E-state index contributed by atoms with van der Waals surface area (Å²) in [6, 6.07) is 6.57. The van der Waals surface area contributed by atoms with Crippen LogP contribution in [0.1, 0.15) is 44.6 Å². The van der Waals surface area contributed by atoms with E-state index in [9.17, 15) is 29.1 Å². The minimum Gasteiger partial charge on any atom is -0.481 e. The van der Waals surface area contributed by atoms with Crippen LogP contribution in [0.5, 0.6) is 0 Å². The van der Waals surface area contributed by atoms with Gasteiger partial charge in [0.25, 0.3) is 0 Å². The van der Waals surface area contributed by atoms with Gasteiger partial charge in [0, 0.05) is 19.4 Å². The summed E-state index contributed by atoms with van der Waals surface area (Å²) in [6.45, 7) is 1.71. The van der Waals surface area contributed by atoms with Crippen molar-refractivity contribution in [1.29, 1.82) is 0 Å². The minimum atomic E-state index is -1.12. The van der Waals surface area contributed by atoms with Gasteiger partial charge in [0.15, 0.2) is 5.78 Å². The number of carboxylic acids is 2. The van der Waals surface area contributed by atoms with E-state index in [-0.39, 0.29) is 38.0 Å². The van der Waals surface area contributed by atoms with Crippen LogP contribution in [-0.2, 0) is 30.4 Å². The number of aryl methyl sites for hydroxylation is 1. The lowest BCUT2D eigenvalue weighted by Gasteiger charge is -2.42. The first-order chi connectivity index (χ1) is 15.6. The van der Waals surface area contributed by atoms with Crippen molar-refractivity contribution in [1.82, 2.24) is 10.2 Å². The van der Waals surface area contributed by atoms with Crippen molar-refractivity contribution in [3.63, 3.8) is 0 Å². The molecule has 0 radical (unpaired) electrons. The van der Waals surface area contributed by atoms with E-state index in [0.29, 0.717) is 12.8 Å². The Hall–Kier alpha value is -3.27. The number of carboxylic acid groups (broad SMARTS) is 2. The molecule has 0 spiro atoms. The second kappa shape index (κ2) is 12.1. The predicted molar refractivity (Wildman–Crippen MR) is 118 cm³/mol. The lowest BCUT2D eigenvalue weighted by molar-refractivity contribution is -0.151. The maximum Gasteiger partial charge on any atom is 0.306 e. The molecule has 1 fully saturated rings. The smallest absolute Gasteiger partial charge is 0.306 e. The number of nitrogens with zero attached hydrogens (tertiary/aromatic N) is 1. The number of ketones is 1. The van der Waals surface area contributed by atoms with Crippen molar-refractivity contribution < 1.29 is 34.2 Å². The summed E-state index contributed by atoms with van der Waals surface area (Å²) < 4.78 is 0. The molecule has 1 aliphatic heterocycles. The molecular formula is C23H31N3O7. The van der Waals surface area contributed by atoms with Crippen LogP contribution in [0.15, 0.2) is 30.3 Å². The third-order valence-corrected chi connectivity index (χ3v) is 5.77. The summed E-state index contributed by atoms with van der Waals surface area (Å²) in [5, 5.41) is 21.0. The first kappa shape index (κ1) is 26.0. The minimum absolute atomic E-state index is 0.140. The molecule has 1 heterocycles. The van der Waals surface area contributed by atoms with Gasteiger partial charge < -0.3 is 26.2 Å². The SMILES string of the molecule is C[C@H](N)C(=O)N[C@@H](CCC(=O)O)C(=O)N1CC[C@H]1C(=O)C[C@@H](CCc1ccccc1)C(=O)O. The molecule has 10 nitrogen and oxygen atoms in total. The molecule has 0 unspecified atom stereocenters. The molecule has 1 aliphatic rings. The van der Waals surface area contributed by atoms with Gasteiger partial charge in [-0.25, -0.2) is 0 Å². The van der Waals surface area contributed by atoms with Crippen LogP contribution in [0.25, 0.3) is 0 Å². The molecule has 5 N–H and O–H groups in total. The molecule has 2 rings (SSSR count). The molecule has 1 aromatic carbocycles. The Morgan fingerprint density at radius 1 is 1.12 bits per heavy atom. The third-order valence-electron chi connectivity index (χ3n) is 5.77. The maximum absolute atomic E-state index is 13.0. The van der Waals surface area contributed by atoms with Gasteiger partial charge >= 0.3 is 11.9 Å². The molecule has 0 aliphatic carbocycles. The predicted octanol–water partition coefficient (Wildman–Crippen LogP) is 0.577. The fraction of sp³-hybridized carbons (Fsp3) is 0.522. The number of nitrogens with one attached hydrogen (secondary N) is 1. The fourth-order valence-electron chi connectivity index (χ4n) is 3.69. The summed E-state index contributed by atoms with van der Waals surface area (Å²) >= 11 is 0. The van der Waals surface area contributed by atoms with Crippen LogP contribution < -0.4 is 11.1 Å². The Bertz CT molecular complexity index is 872. The summed E-state index contributed by atoms with van der Waals surface area (Å²) in [5.41, 5.74) is 6.50. The van der Waals surface area contributed by atoms with Crippen LogP contribution in [0.4, 0.5) is 0 Å². The standard InChI is InChI=1S/C23H31N3O7/c1-14(24)21(30)25-17(9-10-20(28)29)22(31)26-12-11-18(26)19(27)13-16(23(32)33)8-7-15-5-3-2-4-6-15/h2-6,14,16-18H,7-13,24H2,1H3,(H,25,30)(H,28,29)(H,32,33)/t14-,16+,17-,18-/m0/s1. The second-order valence-electron chi connectivity index (χ2n) is 8.35. The van der Waals surface area contributed by atoms with Gasteiger partial charge in [-0.05, 0) is 38.2 Å². The summed E-state index contributed by atoms with van der Waals surface area (Å²) in [4.78, 5) is 61.7. The van der Waals surface area contributed by atoms with Gasteiger partial charge in [0.1, 0.15) is 6.04 Å². The Labute approximate surface area is 192 Å². The Balaban J connectivity index is 2.01. The molecule has 2 amide bonds. The number of carbonyl (C=O) groups is 5.